The smallest absolute Gasteiger partial charge is 0.122 e. The molecule has 5 nitrogen and oxygen atoms in total. The van der Waals surface area contributed by atoms with Crippen LogP contribution in [0.4, 0.5) is 0 Å². The molecule has 2 rings (SSSR count). The summed E-state index contributed by atoms with van der Waals surface area (Å²) >= 11 is 0. The van der Waals surface area contributed by atoms with Gasteiger partial charge in [0.1, 0.15) is 5.75 Å². The van der Waals surface area contributed by atoms with E-state index in [2.05, 4.69) is 23.5 Å². The van der Waals surface area contributed by atoms with E-state index in [1.807, 2.05) is 30.8 Å². The van der Waals surface area contributed by atoms with Crippen LogP contribution in [-0.4, -0.2) is 16.9 Å². The largest absolute Gasteiger partial charge is 0.496 e. The lowest BCUT2D eigenvalue weighted by Crippen LogP contribution is -2.31. The molecule has 0 fully saturated rings. The Balaban J connectivity index is 2.50. The Morgan fingerprint density at radius 3 is 2.58 bits per heavy atom. The number of rotatable bonds is 4. The van der Waals surface area contributed by atoms with Crippen molar-refractivity contribution in [3.63, 3.8) is 0 Å². The minimum absolute atomic E-state index is 0.0860. The quantitative estimate of drug-likeness (QED) is 0.647. The van der Waals surface area contributed by atoms with Crippen LogP contribution in [0.3, 0.4) is 0 Å². The van der Waals surface area contributed by atoms with Crippen LogP contribution in [0.5, 0.6) is 5.75 Å². The molecule has 1 aromatic heterocycles. The molecule has 1 aromatic carbocycles. The fourth-order valence-electron chi connectivity index (χ4n) is 2.34. The van der Waals surface area contributed by atoms with Crippen molar-refractivity contribution in [2.24, 2.45) is 12.9 Å². The van der Waals surface area contributed by atoms with Gasteiger partial charge in [0.2, 0.25) is 0 Å². The number of methoxy groups -OCH3 is 1. The van der Waals surface area contributed by atoms with Gasteiger partial charge in [0.15, 0.2) is 0 Å². The molecule has 1 unspecified atom stereocenters. The average molecular weight is 260 g/mol. The van der Waals surface area contributed by atoms with Crippen molar-refractivity contribution >= 4 is 0 Å². The molecule has 0 radical (unpaired) electrons. The maximum Gasteiger partial charge on any atom is 0.122 e. The van der Waals surface area contributed by atoms with Crippen LogP contribution >= 0.6 is 0 Å². The molecule has 1 heterocycles. The number of hydrazine groups is 1. The molecule has 0 aliphatic heterocycles. The highest BCUT2D eigenvalue weighted by atomic mass is 16.5. The summed E-state index contributed by atoms with van der Waals surface area (Å²) in [4.78, 5) is 0. The van der Waals surface area contributed by atoms with Gasteiger partial charge in [0.05, 0.1) is 18.8 Å². The maximum atomic E-state index is 5.73. The summed E-state index contributed by atoms with van der Waals surface area (Å²) in [7, 11) is 3.59. The summed E-state index contributed by atoms with van der Waals surface area (Å²) in [6.45, 7) is 4.08. The molecular weight excluding hydrogens is 240 g/mol. The molecule has 19 heavy (non-hydrogen) atoms. The minimum Gasteiger partial charge on any atom is -0.496 e. The van der Waals surface area contributed by atoms with Gasteiger partial charge in [-0.25, -0.2) is 5.43 Å². The summed E-state index contributed by atoms with van der Waals surface area (Å²) in [6.07, 6.45) is 1.77. The first kappa shape index (κ1) is 13.6. The second kappa shape index (κ2) is 5.42. The zero-order chi connectivity index (χ0) is 14.0. The second-order valence-corrected chi connectivity index (χ2v) is 4.66. The average Bonchev–Trinajstić information content (AvgIpc) is 2.80. The number of ether oxygens (including phenoxy) is 1. The minimum atomic E-state index is -0.0860. The fourth-order valence-corrected chi connectivity index (χ4v) is 2.34. The van der Waals surface area contributed by atoms with E-state index >= 15 is 0 Å². The van der Waals surface area contributed by atoms with Gasteiger partial charge in [0.25, 0.3) is 0 Å². The Labute approximate surface area is 113 Å². The van der Waals surface area contributed by atoms with Crippen molar-refractivity contribution in [2.45, 2.75) is 19.9 Å². The summed E-state index contributed by atoms with van der Waals surface area (Å²) in [5.74, 6) is 6.62. The third-order valence-corrected chi connectivity index (χ3v) is 3.42. The third-order valence-electron chi connectivity index (χ3n) is 3.42. The van der Waals surface area contributed by atoms with Crippen molar-refractivity contribution in [1.82, 2.24) is 15.2 Å². The van der Waals surface area contributed by atoms with E-state index in [1.54, 1.807) is 13.3 Å². The lowest BCUT2D eigenvalue weighted by molar-refractivity contribution is 0.411. The molecule has 0 saturated heterocycles. The molecule has 0 saturated carbocycles. The Morgan fingerprint density at radius 2 is 2.05 bits per heavy atom. The molecule has 3 N–H and O–H groups in total. The number of nitrogens with two attached hydrogens (primary N) is 1. The van der Waals surface area contributed by atoms with Crippen LogP contribution in [0.15, 0.2) is 24.4 Å². The SMILES string of the molecule is COc1cc(C)c(C(NN)c2ccnn2C)cc1C. The molecule has 0 spiro atoms. The van der Waals surface area contributed by atoms with Crippen LogP contribution in [0.2, 0.25) is 0 Å². The summed E-state index contributed by atoms with van der Waals surface area (Å²) in [6, 6.07) is 6.01. The van der Waals surface area contributed by atoms with Crippen LogP contribution in [0.25, 0.3) is 0 Å². The van der Waals surface area contributed by atoms with E-state index in [9.17, 15) is 0 Å². The van der Waals surface area contributed by atoms with E-state index in [-0.39, 0.29) is 6.04 Å². The van der Waals surface area contributed by atoms with E-state index < -0.39 is 0 Å². The molecule has 0 aliphatic carbocycles. The normalized spacial score (nSPS) is 12.5. The molecule has 0 aliphatic rings. The van der Waals surface area contributed by atoms with E-state index in [0.29, 0.717) is 0 Å². The zero-order valence-electron chi connectivity index (χ0n) is 11.8. The van der Waals surface area contributed by atoms with Crippen molar-refractivity contribution in [3.05, 3.63) is 46.8 Å². The molecule has 5 heteroatoms. The van der Waals surface area contributed by atoms with Crippen LogP contribution in [0.1, 0.15) is 28.4 Å². The summed E-state index contributed by atoms with van der Waals surface area (Å²) < 4.78 is 7.16. The molecule has 0 amide bonds. The van der Waals surface area contributed by atoms with Gasteiger partial charge in [-0.1, -0.05) is 6.07 Å². The first-order valence-electron chi connectivity index (χ1n) is 6.17. The van der Waals surface area contributed by atoms with Gasteiger partial charge in [-0.2, -0.15) is 5.10 Å². The number of hydrogen-bond donors (Lipinski definition) is 2. The lowest BCUT2D eigenvalue weighted by atomic mass is 9.96. The molecule has 102 valence electrons. The van der Waals surface area contributed by atoms with E-state index in [0.717, 1.165) is 28.1 Å². The third kappa shape index (κ3) is 2.47. The predicted octanol–water partition coefficient (Wildman–Crippen LogP) is 1.60. The first-order chi connectivity index (χ1) is 9.08. The highest BCUT2D eigenvalue weighted by Gasteiger charge is 2.19. The van der Waals surface area contributed by atoms with Gasteiger partial charge < -0.3 is 4.74 Å². The topological polar surface area (TPSA) is 65.1 Å². The Bertz CT molecular complexity index is 577. The van der Waals surface area contributed by atoms with E-state index in [4.69, 9.17) is 10.6 Å². The predicted molar refractivity (Wildman–Crippen MR) is 74.8 cm³/mol. The van der Waals surface area contributed by atoms with Crippen LogP contribution < -0.4 is 16.0 Å². The van der Waals surface area contributed by atoms with Crippen molar-refractivity contribution < 1.29 is 4.74 Å². The Morgan fingerprint density at radius 1 is 1.32 bits per heavy atom. The number of nitrogens with one attached hydrogen (secondary N) is 1. The molecule has 2 aromatic rings. The number of aromatic nitrogens is 2. The number of hydrogen-bond acceptors (Lipinski definition) is 4. The van der Waals surface area contributed by atoms with Gasteiger partial charge >= 0.3 is 0 Å². The monoisotopic (exact) mass is 260 g/mol. The number of benzene rings is 1. The number of aryl methyl sites for hydroxylation is 3. The van der Waals surface area contributed by atoms with Crippen molar-refractivity contribution in [1.29, 1.82) is 0 Å². The Kier molecular flexibility index (Phi) is 3.87. The Hall–Kier alpha value is -1.85. The highest BCUT2D eigenvalue weighted by molar-refractivity contribution is 5.44. The lowest BCUT2D eigenvalue weighted by Gasteiger charge is -2.20. The summed E-state index contributed by atoms with van der Waals surface area (Å²) in [5.41, 5.74) is 7.24. The van der Waals surface area contributed by atoms with Gasteiger partial charge in [0, 0.05) is 13.2 Å². The second-order valence-electron chi connectivity index (χ2n) is 4.66. The summed E-state index contributed by atoms with van der Waals surface area (Å²) in [5, 5.41) is 4.19. The fraction of sp³-hybridized carbons (Fsp3) is 0.357. The van der Waals surface area contributed by atoms with Crippen molar-refractivity contribution in [3.8, 4) is 5.75 Å². The zero-order valence-corrected chi connectivity index (χ0v) is 11.8. The van der Waals surface area contributed by atoms with Gasteiger partial charge in [-0.05, 0) is 42.7 Å². The maximum absolute atomic E-state index is 5.73. The van der Waals surface area contributed by atoms with Gasteiger partial charge in [-0.15, -0.1) is 0 Å². The van der Waals surface area contributed by atoms with Crippen molar-refractivity contribution in [2.75, 3.05) is 7.11 Å². The standard InChI is InChI=1S/C14H20N4O/c1-9-8-13(19-4)10(2)7-11(9)14(17-15)12-5-6-16-18(12)3/h5-8,14,17H,15H2,1-4H3. The molecular formula is C14H20N4O. The van der Waals surface area contributed by atoms with Crippen LogP contribution in [0, 0.1) is 13.8 Å². The van der Waals surface area contributed by atoms with E-state index in [1.165, 1.54) is 0 Å². The number of nitrogens with zero attached hydrogens (tertiary/aromatic N) is 2. The first-order valence-corrected chi connectivity index (χ1v) is 6.17. The highest BCUT2D eigenvalue weighted by Crippen LogP contribution is 2.29. The van der Waals surface area contributed by atoms with Crippen LogP contribution in [-0.2, 0) is 7.05 Å². The molecule has 0 bridgehead atoms. The van der Waals surface area contributed by atoms with Gasteiger partial charge in [-0.3, -0.25) is 10.5 Å². The molecule has 1 atom stereocenters.